The molecule has 2 amide bonds. The van der Waals surface area contributed by atoms with Gasteiger partial charge in [0.25, 0.3) is 0 Å². The lowest BCUT2D eigenvalue weighted by molar-refractivity contribution is -0.123. The highest BCUT2D eigenvalue weighted by molar-refractivity contribution is 5.81. The number of aliphatic hydroxyl groups excluding tert-OH is 1. The molecule has 1 saturated heterocycles. The zero-order chi connectivity index (χ0) is 22.3. The van der Waals surface area contributed by atoms with Crippen LogP contribution in [0.1, 0.15) is 45.6 Å². The Bertz CT molecular complexity index is 719. The van der Waals surface area contributed by atoms with E-state index in [2.05, 4.69) is 16.0 Å². The second kappa shape index (κ2) is 10.7. The van der Waals surface area contributed by atoms with Crippen LogP contribution in [-0.2, 0) is 16.0 Å². The Morgan fingerprint density at radius 1 is 1.27 bits per heavy atom. The summed E-state index contributed by atoms with van der Waals surface area (Å²) in [5.74, 6) is -1.63. The van der Waals surface area contributed by atoms with Crippen molar-refractivity contribution in [3.05, 3.63) is 35.4 Å². The molecule has 4 N–H and O–H groups in total. The van der Waals surface area contributed by atoms with Crippen LogP contribution in [0, 0.1) is 11.6 Å². The number of carbonyl (C=O) groups excluding carboxylic acids is 2. The molecule has 1 aromatic rings. The van der Waals surface area contributed by atoms with Gasteiger partial charge in [0.1, 0.15) is 17.2 Å². The number of amides is 2. The SMILES string of the molecule is CC(C)(C)OC(=O)N[C@@H](Cc1cc(F)cc(F)c1)[C@H](O)CNC1CCCCNC1=O. The second-order valence-corrected chi connectivity index (χ2v) is 8.55. The number of aliphatic hydroxyl groups is 1. The van der Waals surface area contributed by atoms with Crippen molar-refractivity contribution >= 4 is 12.0 Å². The Kier molecular flexibility index (Phi) is 8.54. The van der Waals surface area contributed by atoms with Crippen LogP contribution >= 0.6 is 0 Å². The maximum absolute atomic E-state index is 13.6. The predicted octanol–water partition coefficient (Wildman–Crippen LogP) is 2.02. The average Bonchev–Trinajstić information content (AvgIpc) is 2.80. The van der Waals surface area contributed by atoms with E-state index in [1.54, 1.807) is 20.8 Å². The van der Waals surface area contributed by atoms with Gasteiger partial charge in [-0.2, -0.15) is 0 Å². The summed E-state index contributed by atoms with van der Waals surface area (Å²) >= 11 is 0. The summed E-state index contributed by atoms with van der Waals surface area (Å²) in [6.45, 7) is 5.73. The quantitative estimate of drug-likeness (QED) is 0.534. The molecular weight excluding hydrogens is 396 g/mol. The van der Waals surface area contributed by atoms with Gasteiger partial charge in [0.2, 0.25) is 5.91 Å². The van der Waals surface area contributed by atoms with Gasteiger partial charge in [-0.15, -0.1) is 0 Å². The third-order valence-electron chi connectivity index (χ3n) is 4.65. The molecule has 168 valence electrons. The summed E-state index contributed by atoms with van der Waals surface area (Å²) in [6, 6.07) is 1.71. The van der Waals surface area contributed by atoms with Gasteiger partial charge in [-0.25, -0.2) is 13.6 Å². The number of rotatable bonds is 7. The number of carbonyl (C=O) groups is 2. The second-order valence-electron chi connectivity index (χ2n) is 8.55. The van der Waals surface area contributed by atoms with Gasteiger partial charge in [-0.05, 0) is 64.2 Å². The van der Waals surface area contributed by atoms with Crippen molar-refractivity contribution in [2.45, 2.75) is 70.2 Å². The van der Waals surface area contributed by atoms with Crippen molar-refractivity contribution < 1.29 is 28.2 Å². The van der Waals surface area contributed by atoms with Crippen LogP contribution in [0.3, 0.4) is 0 Å². The van der Waals surface area contributed by atoms with E-state index in [0.29, 0.717) is 13.0 Å². The monoisotopic (exact) mass is 427 g/mol. The topological polar surface area (TPSA) is 99.7 Å². The molecule has 0 aromatic heterocycles. The molecule has 1 aromatic carbocycles. The fourth-order valence-corrected chi connectivity index (χ4v) is 3.26. The molecule has 0 radical (unpaired) electrons. The van der Waals surface area contributed by atoms with Crippen LogP contribution in [0.4, 0.5) is 13.6 Å². The molecule has 7 nitrogen and oxygen atoms in total. The van der Waals surface area contributed by atoms with Crippen LogP contribution in [-0.4, -0.2) is 54.0 Å². The molecule has 2 rings (SSSR count). The summed E-state index contributed by atoms with van der Waals surface area (Å²) in [5, 5.41) is 19.1. The van der Waals surface area contributed by atoms with E-state index in [4.69, 9.17) is 4.74 Å². The lowest BCUT2D eigenvalue weighted by Crippen LogP contribution is -2.52. The maximum atomic E-state index is 13.6. The van der Waals surface area contributed by atoms with Crippen molar-refractivity contribution in [3.63, 3.8) is 0 Å². The highest BCUT2D eigenvalue weighted by Crippen LogP contribution is 2.14. The van der Waals surface area contributed by atoms with Gasteiger partial charge in [0, 0.05) is 19.2 Å². The van der Waals surface area contributed by atoms with Crippen molar-refractivity contribution in [2.75, 3.05) is 13.1 Å². The Labute approximate surface area is 175 Å². The van der Waals surface area contributed by atoms with E-state index in [9.17, 15) is 23.5 Å². The zero-order valence-electron chi connectivity index (χ0n) is 17.6. The smallest absolute Gasteiger partial charge is 0.407 e. The third-order valence-corrected chi connectivity index (χ3v) is 4.65. The summed E-state index contributed by atoms with van der Waals surface area (Å²) in [4.78, 5) is 24.3. The van der Waals surface area contributed by atoms with Crippen LogP contribution < -0.4 is 16.0 Å². The van der Waals surface area contributed by atoms with Crippen molar-refractivity contribution in [3.8, 4) is 0 Å². The Hall–Kier alpha value is -2.26. The van der Waals surface area contributed by atoms with Gasteiger partial charge in [-0.3, -0.25) is 4.79 Å². The fourth-order valence-electron chi connectivity index (χ4n) is 3.26. The molecule has 1 unspecified atom stereocenters. The minimum atomic E-state index is -1.13. The number of alkyl carbamates (subject to hydrolysis) is 1. The average molecular weight is 427 g/mol. The van der Waals surface area contributed by atoms with E-state index in [0.717, 1.165) is 31.0 Å². The highest BCUT2D eigenvalue weighted by Gasteiger charge is 2.27. The number of halogens is 2. The first-order chi connectivity index (χ1) is 14.0. The van der Waals surface area contributed by atoms with E-state index in [1.165, 1.54) is 0 Å². The van der Waals surface area contributed by atoms with E-state index in [1.807, 2.05) is 0 Å². The minimum absolute atomic E-state index is 0.0103. The minimum Gasteiger partial charge on any atom is -0.444 e. The summed E-state index contributed by atoms with van der Waals surface area (Å²) in [5.41, 5.74) is -0.471. The van der Waals surface area contributed by atoms with E-state index < -0.39 is 41.5 Å². The number of hydrogen-bond donors (Lipinski definition) is 4. The molecular formula is C21H31F2N3O4. The third kappa shape index (κ3) is 8.23. The van der Waals surface area contributed by atoms with E-state index >= 15 is 0 Å². The molecule has 1 aliphatic rings. The van der Waals surface area contributed by atoms with Crippen molar-refractivity contribution in [2.24, 2.45) is 0 Å². The number of nitrogens with one attached hydrogen (secondary N) is 3. The van der Waals surface area contributed by atoms with Gasteiger partial charge in [0.15, 0.2) is 0 Å². The molecule has 0 spiro atoms. The molecule has 0 saturated carbocycles. The van der Waals surface area contributed by atoms with Crippen LogP contribution in [0.5, 0.6) is 0 Å². The molecule has 1 aliphatic heterocycles. The van der Waals surface area contributed by atoms with E-state index in [-0.39, 0.29) is 24.4 Å². The summed E-state index contributed by atoms with van der Waals surface area (Å²) in [7, 11) is 0. The van der Waals surface area contributed by atoms with Crippen molar-refractivity contribution in [1.29, 1.82) is 0 Å². The van der Waals surface area contributed by atoms with Crippen LogP contribution in [0.2, 0.25) is 0 Å². The molecule has 1 fully saturated rings. The lowest BCUT2D eigenvalue weighted by atomic mass is 10.0. The molecule has 3 atom stereocenters. The van der Waals surface area contributed by atoms with Gasteiger partial charge >= 0.3 is 6.09 Å². The molecule has 0 aliphatic carbocycles. The Morgan fingerprint density at radius 2 is 1.93 bits per heavy atom. The molecule has 1 heterocycles. The maximum Gasteiger partial charge on any atom is 0.407 e. The fraction of sp³-hybridized carbons (Fsp3) is 0.619. The zero-order valence-corrected chi connectivity index (χ0v) is 17.6. The first-order valence-electron chi connectivity index (χ1n) is 10.2. The highest BCUT2D eigenvalue weighted by atomic mass is 19.1. The Balaban J connectivity index is 2.08. The van der Waals surface area contributed by atoms with Crippen molar-refractivity contribution in [1.82, 2.24) is 16.0 Å². The van der Waals surface area contributed by atoms with Gasteiger partial charge < -0.3 is 25.8 Å². The predicted molar refractivity (Wildman–Crippen MR) is 108 cm³/mol. The number of hydrogen-bond acceptors (Lipinski definition) is 5. The van der Waals surface area contributed by atoms with Crippen LogP contribution in [0.25, 0.3) is 0 Å². The molecule has 30 heavy (non-hydrogen) atoms. The first kappa shape index (κ1) is 24.0. The normalized spacial score (nSPS) is 19.4. The largest absolute Gasteiger partial charge is 0.444 e. The molecule has 9 heteroatoms. The van der Waals surface area contributed by atoms with Gasteiger partial charge in [0.05, 0.1) is 18.2 Å². The summed E-state index contributed by atoms with van der Waals surface area (Å²) < 4.78 is 32.4. The number of ether oxygens (including phenoxy) is 1. The van der Waals surface area contributed by atoms with Gasteiger partial charge in [-0.1, -0.05) is 0 Å². The lowest BCUT2D eigenvalue weighted by Gasteiger charge is -2.28. The standard InChI is InChI=1S/C21H31F2N3O4/c1-21(2,3)30-20(29)26-17(10-13-8-14(22)11-15(23)9-13)18(27)12-25-16-6-4-5-7-24-19(16)28/h8-9,11,16-18,25,27H,4-7,10,12H2,1-3H3,(H,24,28)(H,26,29)/t16?,17-,18+/m0/s1. The summed E-state index contributed by atoms with van der Waals surface area (Å²) in [6.07, 6.45) is 0.496. The Morgan fingerprint density at radius 3 is 2.57 bits per heavy atom. The van der Waals surface area contributed by atoms with Crippen LogP contribution in [0.15, 0.2) is 18.2 Å². The molecule has 0 bridgehead atoms. The first-order valence-corrected chi connectivity index (χ1v) is 10.2. The number of benzene rings is 1.